The summed E-state index contributed by atoms with van der Waals surface area (Å²) in [4.78, 5) is 32.4. The Hall–Kier alpha value is -3.68. The van der Waals surface area contributed by atoms with Crippen LogP contribution in [0.2, 0.25) is 5.02 Å². The highest BCUT2D eigenvalue weighted by molar-refractivity contribution is 6.34. The molecular formula is C24H21ClN4O3. The van der Waals surface area contributed by atoms with Gasteiger partial charge in [-0.1, -0.05) is 35.9 Å². The van der Waals surface area contributed by atoms with Crippen molar-refractivity contribution < 1.29 is 14.3 Å². The SMILES string of the molecule is COCCC(=O)Nc1cccc(-c2nc3cc(NC(=O)c4ccccc4Cl)ccc3[nH]2)c1. The van der Waals surface area contributed by atoms with Gasteiger partial charge in [-0.25, -0.2) is 4.98 Å². The first-order valence-electron chi connectivity index (χ1n) is 9.98. The lowest BCUT2D eigenvalue weighted by molar-refractivity contribution is -0.117. The van der Waals surface area contributed by atoms with Crippen LogP contribution in [0, 0.1) is 0 Å². The molecule has 1 heterocycles. The van der Waals surface area contributed by atoms with Crippen molar-refractivity contribution in [2.45, 2.75) is 6.42 Å². The van der Waals surface area contributed by atoms with Gasteiger partial charge in [0.2, 0.25) is 5.91 Å². The maximum absolute atomic E-state index is 12.5. The molecule has 2 amide bonds. The Bertz CT molecular complexity index is 1290. The van der Waals surface area contributed by atoms with Crippen molar-refractivity contribution in [2.24, 2.45) is 0 Å². The van der Waals surface area contributed by atoms with Crippen molar-refractivity contribution in [3.05, 3.63) is 77.3 Å². The molecule has 0 aliphatic rings. The summed E-state index contributed by atoms with van der Waals surface area (Å²) in [5.41, 5.74) is 4.04. The molecule has 0 spiro atoms. The molecule has 3 aromatic carbocycles. The lowest BCUT2D eigenvalue weighted by atomic mass is 10.2. The average Bonchev–Trinajstić information content (AvgIpc) is 3.21. The van der Waals surface area contributed by atoms with Gasteiger partial charge in [0, 0.05) is 24.0 Å². The summed E-state index contributed by atoms with van der Waals surface area (Å²) in [5, 5.41) is 6.10. The molecule has 0 saturated heterocycles. The van der Waals surface area contributed by atoms with E-state index >= 15 is 0 Å². The summed E-state index contributed by atoms with van der Waals surface area (Å²) in [7, 11) is 1.56. The van der Waals surface area contributed by atoms with E-state index in [0.29, 0.717) is 39.9 Å². The van der Waals surface area contributed by atoms with E-state index in [-0.39, 0.29) is 18.2 Å². The summed E-state index contributed by atoms with van der Waals surface area (Å²) in [6.07, 6.45) is 0.286. The van der Waals surface area contributed by atoms with E-state index < -0.39 is 0 Å². The number of fused-ring (bicyclic) bond motifs is 1. The third kappa shape index (κ3) is 4.96. The summed E-state index contributed by atoms with van der Waals surface area (Å²) in [6.45, 7) is 0.366. The fraction of sp³-hybridized carbons (Fsp3) is 0.125. The number of halogens is 1. The fourth-order valence-corrected chi connectivity index (χ4v) is 3.45. The van der Waals surface area contributed by atoms with Gasteiger partial charge in [-0.05, 0) is 42.5 Å². The topological polar surface area (TPSA) is 96.1 Å². The number of hydrogen-bond donors (Lipinski definition) is 3. The second-order valence-corrected chi connectivity index (χ2v) is 7.53. The Balaban J connectivity index is 1.53. The number of aromatic amines is 1. The molecule has 7 nitrogen and oxygen atoms in total. The second-order valence-electron chi connectivity index (χ2n) is 7.12. The maximum atomic E-state index is 12.5. The Morgan fingerprint density at radius 2 is 1.81 bits per heavy atom. The van der Waals surface area contributed by atoms with E-state index in [1.54, 1.807) is 43.5 Å². The molecule has 1 aromatic heterocycles. The van der Waals surface area contributed by atoms with Crippen molar-refractivity contribution >= 4 is 45.8 Å². The molecule has 0 saturated carbocycles. The van der Waals surface area contributed by atoms with E-state index in [1.807, 2.05) is 30.3 Å². The largest absolute Gasteiger partial charge is 0.384 e. The van der Waals surface area contributed by atoms with E-state index in [4.69, 9.17) is 16.3 Å². The van der Waals surface area contributed by atoms with E-state index in [2.05, 4.69) is 20.6 Å². The Morgan fingerprint density at radius 3 is 2.62 bits per heavy atom. The number of rotatable bonds is 7. The highest BCUT2D eigenvalue weighted by atomic mass is 35.5. The molecular weight excluding hydrogens is 428 g/mol. The quantitative estimate of drug-likeness (QED) is 0.366. The Kier molecular flexibility index (Phi) is 6.49. The average molecular weight is 449 g/mol. The first kappa shape index (κ1) is 21.5. The van der Waals surface area contributed by atoms with E-state index in [0.717, 1.165) is 11.1 Å². The number of hydrogen-bond acceptors (Lipinski definition) is 4. The number of nitrogens with one attached hydrogen (secondary N) is 3. The monoisotopic (exact) mass is 448 g/mol. The zero-order valence-electron chi connectivity index (χ0n) is 17.3. The maximum Gasteiger partial charge on any atom is 0.257 e. The van der Waals surface area contributed by atoms with E-state index in [9.17, 15) is 9.59 Å². The van der Waals surface area contributed by atoms with Gasteiger partial charge in [0.15, 0.2) is 0 Å². The number of carbonyl (C=O) groups excluding carboxylic acids is 2. The number of carbonyl (C=O) groups is 2. The molecule has 0 atom stereocenters. The van der Waals surface area contributed by atoms with Crippen LogP contribution in [0.1, 0.15) is 16.8 Å². The Morgan fingerprint density at radius 1 is 1.00 bits per heavy atom. The predicted octanol–water partition coefficient (Wildman–Crippen LogP) is 5.11. The number of ether oxygens (including phenoxy) is 1. The van der Waals surface area contributed by atoms with Gasteiger partial charge >= 0.3 is 0 Å². The van der Waals surface area contributed by atoms with Crippen LogP contribution >= 0.6 is 11.6 Å². The summed E-state index contributed by atoms with van der Waals surface area (Å²) >= 11 is 6.11. The number of imidazole rings is 1. The fourth-order valence-electron chi connectivity index (χ4n) is 3.23. The summed E-state index contributed by atoms with van der Waals surface area (Å²) in [6, 6.07) is 19.7. The molecule has 0 unspecified atom stereocenters. The minimum Gasteiger partial charge on any atom is -0.384 e. The number of H-pyrrole nitrogens is 1. The summed E-state index contributed by atoms with van der Waals surface area (Å²) in [5.74, 6) is 0.248. The molecule has 0 bridgehead atoms. The number of anilines is 2. The zero-order valence-corrected chi connectivity index (χ0v) is 18.1. The molecule has 162 valence electrons. The molecule has 32 heavy (non-hydrogen) atoms. The molecule has 4 aromatic rings. The number of methoxy groups -OCH3 is 1. The lowest BCUT2D eigenvalue weighted by Gasteiger charge is -2.06. The van der Waals surface area contributed by atoms with Crippen LogP contribution in [0.15, 0.2) is 66.7 Å². The smallest absolute Gasteiger partial charge is 0.257 e. The normalized spacial score (nSPS) is 10.8. The van der Waals surface area contributed by atoms with Gasteiger partial charge in [0.1, 0.15) is 5.82 Å². The number of benzene rings is 3. The molecule has 4 rings (SSSR count). The van der Waals surface area contributed by atoms with Gasteiger partial charge in [0.25, 0.3) is 5.91 Å². The van der Waals surface area contributed by atoms with Crippen LogP contribution in [-0.4, -0.2) is 35.5 Å². The van der Waals surface area contributed by atoms with Crippen LogP contribution in [0.5, 0.6) is 0 Å². The standard InChI is InChI=1S/C24H21ClN4O3/c1-32-12-11-22(30)26-16-6-4-5-15(13-16)23-28-20-10-9-17(14-21(20)29-23)27-24(31)18-7-2-3-8-19(18)25/h2-10,13-14H,11-12H2,1H3,(H,26,30)(H,27,31)(H,28,29). The lowest BCUT2D eigenvalue weighted by Crippen LogP contribution is -2.13. The van der Waals surface area contributed by atoms with Crippen LogP contribution < -0.4 is 10.6 Å². The number of amides is 2. The van der Waals surface area contributed by atoms with Crippen molar-refractivity contribution in [3.63, 3.8) is 0 Å². The van der Waals surface area contributed by atoms with Crippen molar-refractivity contribution in [1.82, 2.24) is 9.97 Å². The van der Waals surface area contributed by atoms with Gasteiger partial charge in [-0.15, -0.1) is 0 Å². The second kappa shape index (κ2) is 9.64. The van der Waals surface area contributed by atoms with Crippen LogP contribution in [-0.2, 0) is 9.53 Å². The third-order valence-corrected chi connectivity index (χ3v) is 5.14. The van der Waals surface area contributed by atoms with Crippen molar-refractivity contribution in [3.8, 4) is 11.4 Å². The zero-order chi connectivity index (χ0) is 22.5. The summed E-state index contributed by atoms with van der Waals surface area (Å²) < 4.78 is 4.93. The van der Waals surface area contributed by atoms with Crippen molar-refractivity contribution in [2.75, 3.05) is 24.4 Å². The molecule has 8 heteroatoms. The molecule has 0 aliphatic heterocycles. The highest BCUT2D eigenvalue weighted by Crippen LogP contribution is 2.25. The molecule has 0 radical (unpaired) electrons. The predicted molar refractivity (Wildman–Crippen MR) is 126 cm³/mol. The van der Waals surface area contributed by atoms with Crippen LogP contribution in [0.25, 0.3) is 22.4 Å². The minimum absolute atomic E-state index is 0.118. The number of aromatic nitrogens is 2. The highest BCUT2D eigenvalue weighted by Gasteiger charge is 2.12. The first-order valence-corrected chi connectivity index (χ1v) is 10.4. The van der Waals surface area contributed by atoms with Gasteiger partial charge in [0.05, 0.1) is 34.6 Å². The van der Waals surface area contributed by atoms with E-state index in [1.165, 1.54) is 0 Å². The minimum atomic E-state index is -0.289. The van der Waals surface area contributed by atoms with Crippen LogP contribution in [0.4, 0.5) is 11.4 Å². The molecule has 0 fully saturated rings. The third-order valence-electron chi connectivity index (χ3n) is 4.81. The number of nitrogens with zero attached hydrogens (tertiary/aromatic N) is 1. The van der Waals surface area contributed by atoms with Gasteiger partial charge in [-0.2, -0.15) is 0 Å². The molecule has 3 N–H and O–H groups in total. The van der Waals surface area contributed by atoms with Gasteiger partial charge < -0.3 is 20.4 Å². The molecule has 0 aliphatic carbocycles. The Labute approximate surface area is 189 Å². The first-order chi connectivity index (χ1) is 15.5. The van der Waals surface area contributed by atoms with Crippen LogP contribution in [0.3, 0.4) is 0 Å². The van der Waals surface area contributed by atoms with Gasteiger partial charge in [-0.3, -0.25) is 9.59 Å². The van der Waals surface area contributed by atoms with Crippen molar-refractivity contribution in [1.29, 1.82) is 0 Å².